The zero-order valence-electron chi connectivity index (χ0n) is 8.77. The van der Waals surface area contributed by atoms with Crippen molar-refractivity contribution in [1.29, 1.82) is 0 Å². The highest BCUT2D eigenvalue weighted by Crippen LogP contribution is 2.37. The molecule has 4 heteroatoms. The van der Waals surface area contributed by atoms with Gasteiger partial charge in [0.05, 0.1) is 13.0 Å². The smallest absolute Gasteiger partial charge is 0.306 e. The summed E-state index contributed by atoms with van der Waals surface area (Å²) < 4.78 is 15.7. The van der Waals surface area contributed by atoms with Crippen molar-refractivity contribution in [1.82, 2.24) is 0 Å². The number of esters is 1. The van der Waals surface area contributed by atoms with Crippen LogP contribution in [0.4, 0.5) is 0 Å². The maximum atomic E-state index is 11.0. The predicted molar refractivity (Wildman–Crippen MR) is 55.3 cm³/mol. The molecule has 1 saturated heterocycles. The van der Waals surface area contributed by atoms with Gasteiger partial charge in [-0.3, -0.25) is 4.79 Å². The van der Waals surface area contributed by atoms with Crippen molar-refractivity contribution < 1.29 is 19.0 Å². The van der Waals surface area contributed by atoms with Crippen LogP contribution in [0.15, 0.2) is 18.2 Å². The van der Waals surface area contributed by atoms with Crippen LogP contribution in [0.1, 0.15) is 12.0 Å². The van der Waals surface area contributed by atoms with Crippen molar-refractivity contribution >= 4 is 5.97 Å². The van der Waals surface area contributed by atoms with E-state index in [1.54, 1.807) is 0 Å². The number of para-hydroxylation sites is 1. The van der Waals surface area contributed by atoms with E-state index in [9.17, 15) is 4.79 Å². The summed E-state index contributed by atoms with van der Waals surface area (Å²) in [6.07, 6.45) is 1.31. The number of cyclic esters (lactones) is 1. The lowest BCUT2D eigenvalue weighted by Crippen LogP contribution is -2.04. The third kappa shape index (κ3) is 1.60. The van der Waals surface area contributed by atoms with E-state index in [1.807, 2.05) is 18.2 Å². The van der Waals surface area contributed by atoms with E-state index in [1.165, 1.54) is 0 Å². The highest BCUT2D eigenvalue weighted by atomic mass is 16.7. The van der Waals surface area contributed by atoms with Crippen LogP contribution in [-0.2, 0) is 16.0 Å². The first-order valence-corrected chi connectivity index (χ1v) is 5.36. The molecular formula is C12H12O4. The van der Waals surface area contributed by atoms with Gasteiger partial charge in [-0.15, -0.1) is 0 Å². The number of benzene rings is 1. The summed E-state index contributed by atoms with van der Waals surface area (Å²) in [5, 5.41) is 0. The zero-order valence-corrected chi connectivity index (χ0v) is 8.77. The molecule has 2 aliphatic rings. The second kappa shape index (κ2) is 3.70. The Morgan fingerprint density at radius 1 is 1.25 bits per heavy atom. The first-order valence-electron chi connectivity index (χ1n) is 5.36. The molecule has 0 aliphatic carbocycles. The van der Waals surface area contributed by atoms with Gasteiger partial charge in [0.15, 0.2) is 11.5 Å². The van der Waals surface area contributed by atoms with Crippen LogP contribution in [-0.4, -0.2) is 19.4 Å². The van der Waals surface area contributed by atoms with Crippen molar-refractivity contribution in [3.63, 3.8) is 0 Å². The topological polar surface area (TPSA) is 44.8 Å². The third-order valence-corrected chi connectivity index (χ3v) is 2.92. The average Bonchev–Trinajstić information content (AvgIpc) is 2.87. The monoisotopic (exact) mass is 220 g/mol. The Hall–Kier alpha value is -1.71. The van der Waals surface area contributed by atoms with E-state index in [2.05, 4.69) is 0 Å². The summed E-state index contributed by atoms with van der Waals surface area (Å²) in [5.41, 5.74) is 1.10. The number of carbonyl (C=O) groups is 1. The molecule has 1 aromatic carbocycles. The molecule has 4 nitrogen and oxygen atoms in total. The minimum atomic E-state index is -0.102. The first-order chi connectivity index (χ1) is 7.83. The molecular weight excluding hydrogens is 208 g/mol. The Kier molecular flexibility index (Phi) is 2.20. The molecule has 0 aromatic heterocycles. The number of ether oxygens (including phenoxy) is 3. The summed E-state index contributed by atoms with van der Waals surface area (Å²) in [7, 11) is 0. The molecule has 0 spiro atoms. The normalized spacial score (nSPS) is 22.2. The number of fused-ring (bicyclic) bond motifs is 1. The van der Waals surface area contributed by atoms with Crippen LogP contribution in [0, 0.1) is 5.92 Å². The maximum absolute atomic E-state index is 11.0. The van der Waals surface area contributed by atoms with E-state index >= 15 is 0 Å². The summed E-state index contributed by atoms with van der Waals surface area (Å²) in [6.45, 7) is 0.801. The quantitative estimate of drug-likeness (QED) is 0.709. The molecule has 2 aliphatic heterocycles. The SMILES string of the molecule is O=C1C[C@H](Cc2cccc3c2OCO3)CO1. The van der Waals surface area contributed by atoms with Crippen LogP contribution >= 0.6 is 0 Å². The fraction of sp³-hybridized carbons (Fsp3) is 0.417. The van der Waals surface area contributed by atoms with Crippen LogP contribution in [0.5, 0.6) is 11.5 Å². The van der Waals surface area contributed by atoms with Gasteiger partial charge >= 0.3 is 5.97 Å². The van der Waals surface area contributed by atoms with E-state index in [0.717, 1.165) is 23.5 Å². The summed E-state index contributed by atoms with van der Waals surface area (Å²) in [6, 6.07) is 5.85. The minimum Gasteiger partial charge on any atom is -0.465 e. The van der Waals surface area contributed by atoms with Crippen molar-refractivity contribution in [3.8, 4) is 11.5 Å². The van der Waals surface area contributed by atoms with Gasteiger partial charge < -0.3 is 14.2 Å². The summed E-state index contributed by atoms with van der Waals surface area (Å²) in [4.78, 5) is 11.0. The molecule has 1 aromatic rings. The first kappa shape index (κ1) is 9.51. The standard InChI is InChI=1S/C12H12O4/c13-11-5-8(6-14-11)4-9-2-1-3-10-12(9)16-7-15-10/h1-3,8H,4-7H2/t8-/m0/s1. The Morgan fingerprint density at radius 3 is 3.00 bits per heavy atom. The molecule has 0 bridgehead atoms. The van der Waals surface area contributed by atoms with Crippen molar-refractivity contribution in [2.75, 3.05) is 13.4 Å². The highest BCUT2D eigenvalue weighted by Gasteiger charge is 2.26. The van der Waals surface area contributed by atoms with Crippen molar-refractivity contribution in [2.45, 2.75) is 12.8 Å². The van der Waals surface area contributed by atoms with Crippen LogP contribution < -0.4 is 9.47 Å². The number of carbonyl (C=O) groups excluding carboxylic acids is 1. The van der Waals surface area contributed by atoms with Crippen LogP contribution in [0.2, 0.25) is 0 Å². The maximum Gasteiger partial charge on any atom is 0.306 e. The minimum absolute atomic E-state index is 0.102. The molecule has 0 radical (unpaired) electrons. The molecule has 0 unspecified atom stereocenters. The lowest BCUT2D eigenvalue weighted by molar-refractivity contribution is -0.137. The molecule has 3 rings (SSSR count). The second-order valence-corrected chi connectivity index (χ2v) is 4.11. The second-order valence-electron chi connectivity index (χ2n) is 4.11. The summed E-state index contributed by atoms with van der Waals surface area (Å²) in [5.74, 6) is 1.78. The molecule has 1 fully saturated rings. The highest BCUT2D eigenvalue weighted by molar-refractivity contribution is 5.71. The van der Waals surface area contributed by atoms with Crippen LogP contribution in [0.25, 0.3) is 0 Å². The fourth-order valence-corrected chi connectivity index (χ4v) is 2.16. The molecule has 1 atom stereocenters. The van der Waals surface area contributed by atoms with Crippen molar-refractivity contribution in [3.05, 3.63) is 23.8 Å². The number of hydrogen-bond donors (Lipinski definition) is 0. The van der Waals surface area contributed by atoms with Gasteiger partial charge in [-0.05, 0) is 18.1 Å². The number of rotatable bonds is 2. The Morgan fingerprint density at radius 2 is 2.19 bits per heavy atom. The number of hydrogen-bond acceptors (Lipinski definition) is 4. The van der Waals surface area contributed by atoms with Gasteiger partial charge in [0.1, 0.15) is 0 Å². The van der Waals surface area contributed by atoms with Gasteiger partial charge in [-0.2, -0.15) is 0 Å². The largest absolute Gasteiger partial charge is 0.465 e. The Labute approximate surface area is 93.1 Å². The van der Waals surface area contributed by atoms with E-state index in [-0.39, 0.29) is 18.7 Å². The lowest BCUT2D eigenvalue weighted by atomic mass is 9.98. The summed E-state index contributed by atoms with van der Waals surface area (Å²) >= 11 is 0. The van der Waals surface area contributed by atoms with Gasteiger partial charge in [0.25, 0.3) is 0 Å². The molecule has 2 heterocycles. The molecule has 16 heavy (non-hydrogen) atoms. The Bertz CT molecular complexity index is 427. The Balaban J connectivity index is 1.80. The van der Waals surface area contributed by atoms with Gasteiger partial charge in [0.2, 0.25) is 6.79 Å². The van der Waals surface area contributed by atoms with Crippen LogP contribution in [0.3, 0.4) is 0 Å². The van der Waals surface area contributed by atoms with Gasteiger partial charge in [0, 0.05) is 5.92 Å². The molecule has 0 saturated carbocycles. The molecule has 0 N–H and O–H groups in total. The van der Waals surface area contributed by atoms with Gasteiger partial charge in [-0.1, -0.05) is 12.1 Å². The molecule has 84 valence electrons. The lowest BCUT2D eigenvalue weighted by Gasteiger charge is -2.08. The van der Waals surface area contributed by atoms with Crippen molar-refractivity contribution in [2.24, 2.45) is 5.92 Å². The van der Waals surface area contributed by atoms with E-state index < -0.39 is 0 Å². The van der Waals surface area contributed by atoms with E-state index in [0.29, 0.717) is 13.0 Å². The van der Waals surface area contributed by atoms with E-state index in [4.69, 9.17) is 14.2 Å². The third-order valence-electron chi connectivity index (χ3n) is 2.92. The zero-order chi connectivity index (χ0) is 11.0. The fourth-order valence-electron chi connectivity index (χ4n) is 2.16. The van der Waals surface area contributed by atoms with Gasteiger partial charge in [-0.25, -0.2) is 0 Å². The average molecular weight is 220 g/mol. The molecule has 0 amide bonds. The predicted octanol–water partition coefficient (Wildman–Crippen LogP) is 1.52.